The van der Waals surface area contributed by atoms with Crippen LogP contribution in [0.5, 0.6) is 0 Å². The Hall–Kier alpha value is -0.900. The molecule has 2 aliphatic rings. The summed E-state index contributed by atoms with van der Waals surface area (Å²) >= 11 is 0. The van der Waals surface area contributed by atoms with E-state index in [0.29, 0.717) is 6.04 Å². The molecular weight excluding hydrogens is 499 g/mol. The zero-order chi connectivity index (χ0) is 21.0. The van der Waals surface area contributed by atoms with Crippen LogP contribution in [0, 0.1) is 0 Å². The number of nitrogens with zero attached hydrogens (tertiary/aromatic N) is 4. The SMILES string of the molecule is CCCN1CCC(NC(=NCCN2CCN(Cc3ccccc3)CC2)NCC)CC1.I. The molecule has 2 aliphatic heterocycles. The number of halogens is 1. The van der Waals surface area contributed by atoms with Crippen molar-refractivity contribution in [2.75, 3.05) is 65.4 Å². The zero-order valence-corrected chi connectivity index (χ0v) is 21.9. The molecule has 1 aromatic rings. The van der Waals surface area contributed by atoms with Crippen molar-refractivity contribution in [2.45, 2.75) is 45.7 Å². The highest BCUT2D eigenvalue weighted by Crippen LogP contribution is 2.11. The molecule has 0 unspecified atom stereocenters. The summed E-state index contributed by atoms with van der Waals surface area (Å²) in [5, 5.41) is 7.11. The molecule has 31 heavy (non-hydrogen) atoms. The maximum atomic E-state index is 4.87. The first-order chi connectivity index (χ1) is 14.8. The molecule has 2 fully saturated rings. The second kappa shape index (κ2) is 15.0. The molecule has 0 saturated carbocycles. The minimum Gasteiger partial charge on any atom is -0.357 e. The monoisotopic (exact) mass is 542 g/mol. The minimum atomic E-state index is 0. The van der Waals surface area contributed by atoms with E-state index in [4.69, 9.17) is 4.99 Å². The fraction of sp³-hybridized carbons (Fsp3) is 0.708. The lowest BCUT2D eigenvalue weighted by atomic mass is 10.1. The van der Waals surface area contributed by atoms with Crippen molar-refractivity contribution >= 4 is 29.9 Å². The van der Waals surface area contributed by atoms with Gasteiger partial charge in [0.15, 0.2) is 5.96 Å². The molecule has 2 saturated heterocycles. The first kappa shape index (κ1) is 26.4. The molecule has 0 bridgehead atoms. The van der Waals surface area contributed by atoms with Crippen LogP contribution in [0.1, 0.15) is 38.7 Å². The van der Waals surface area contributed by atoms with Crippen LogP contribution >= 0.6 is 24.0 Å². The van der Waals surface area contributed by atoms with Crippen molar-refractivity contribution < 1.29 is 0 Å². The lowest BCUT2D eigenvalue weighted by molar-refractivity contribution is 0.130. The fourth-order valence-corrected chi connectivity index (χ4v) is 4.45. The van der Waals surface area contributed by atoms with E-state index in [0.717, 1.165) is 58.3 Å². The molecule has 0 radical (unpaired) electrons. The van der Waals surface area contributed by atoms with Gasteiger partial charge in [0, 0.05) is 64.9 Å². The highest BCUT2D eigenvalue weighted by Gasteiger charge is 2.20. The van der Waals surface area contributed by atoms with Gasteiger partial charge in [0.2, 0.25) is 0 Å². The predicted molar refractivity (Wildman–Crippen MR) is 142 cm³/mol. The van der Waals surface area contributed by atoms with Crippen molar-refractivity contribution in [2.24, 2.45) is 4.99 Å². The van der Waals surface area contributed by atoms with Crippen molar-refractivity contribution in [1.82, 2.24) is 25.3 Å². The van der Waals surface area contributed by atoms with Crippen molar-refractivity contribution in [3.05, 3.63) is 35.9 Å². The Morgan fingerprint density at radius 3 is 2.19 bits per heavy atom. The molecule has 3 rings (SSSR count). The smallest absolute Gasteiger partial charge is 0.191 e. The van der Waals surface area contributed by atoms with Gasteiger partial charge in [0.05, 0.1) is 6.54 Å². The molecule has 0 atom stereocenters. The fourth-order valence-electron chi connectivity index (χ4n) is 4.45. The van der Waals surface area contributed by atoms with Gasteiger partial charge in [-0.05, 0) is 38.3 Å². The van der Waals surface area contributed by atoms with Gasteiger partial charge < -0.3 is 15.5 Å². The molecule has 0 aromatic heterocycles. The average Bonchev–Trinajstić information content (AvgIpc) is 2.77. The number of likely N-dealkylation sites (tertiary alicyclic amines) is 1. The number of guanidine groups is 1. The summed E-state index contributed by atoms with van der Waals surface area (Å²) in [5.41, 5.74) is 1.41. The van der Waals surface area contributed by atoms with Gasteiger partial charge in [-0.2, -0.15) is 0 Å². The number of piperazine rings is 1. The summed E-state index contributed by atoms with van der Waals surface area (Å²) in [6.07, 6.45) is 3.68. The number of aliphatic imine (C=N–C) groups is 1. The highest BCUT2D eigenvalue weighted by atomic mass is 127. The van der Waals surface area contributed by atoms with E-state index in [9.17, 15) is 0 Å². The second-order valence-corrected chi connectivity index (χ2v) is 8.62. The Balaban J connectivity index is 0.00000341. The third-order valence-corrected chi connectivity index (χ3v) is 6.21. The van der Waals surface area contributed by atoms with Gasteiger partial charge in [-0.1, -0.05) is 37.3 Å². The van der Waals surface area contributed by atoms with Gasteiger partial charge in [-0.15, -0.1) is 24.0 Å². The summed E-state index contributed by atoms with van der Waals surface area (Å²) in [5.74, 6) is 0.995. The van der Waals surface area contributed by atoms with Crippen molar-refractivity contribution in [3.63, 3.8) is 0 Å². The molecule has 7 heteroatoms. The van der Waals surface area contributed by atoms with E-state index in [1.165, 1.54) is 44.5 Å². The number of hydrogen-bond acceptors (Lipinski definition) is 4. The van der Waals surface area contributed by atoms with Crippen molar-refractivity contribution in [3.8, 4) is 0 Å². The van der Waals surface area contributed by atoms with Gasteiger partial charge in [-0.3, -0.25) is 14.8 Å². The third kappa shape index (κ3) is 9.63. The normalized spacial score (nSPS) is 19.7. The van der Waals surface area contributed by atoms with Crippen LogP contribution in [0.4, 0.5) is 0 Å². The Labute approximate surface area is 206 Å². The zero-order valence-electron chi connectivity index (χ0n) is 19.6. The molecule has 6 nitrogen and oxygen atoms in total. The molecule has 1 aromatic carbocycles. The van der Waals surface area contributed by atoms with Gasteiger partial charge in [-0.25, -0.2) is 0 Å². The number of hydrogen-bond donors (Lipinski definition) is 2. The average molecular weight is 543 g/mol. The minimum absolute atomic E-state index is 0. The van der Waals surface area contributed by atoms with Crippen LogP contribution < -0.4 is 10.6 Å². The standard InChI is InChI=1S/C24H42N6.HI/c1-3-13-28-14-10-23(11-15-28)27-24(25-4-2)26-12-16-29-17-19-30(20-18-29)21-22-8-6-5-7-9-22;/h5-9,23H,3-4,10-21H2,1-2H3,(H2,25,26,27);1H. The quantitative estimate of drug-likeness (QED) is 0.286. The number of rotatable bonds is 9. The Kier molecular flexibility index (Phi) is 12.8. The van der Waals surface area contributed by atoms with E-state index in [1.54, 1.807) is 0 Å². The summed E-state index contributed by atoms with van der Waals surface area (Å²) in [6, 6.07) is 11.4. The Morgan fingerprint density at radius 1 is 0.903 bits per heavy atom. The summed E-state index contributed by atoms with van der Waals surface area (Å²) in [7, 11) is 0. The van der Waals surface area contributed by atoms with Crippen LogP contribution in [0.15, 0.2) is 35.3 Å². The van der Waals surface area contributed by atoms with E-state index < -0.39 is 0 Å². The Bertz CT molecular complexity index is 610. The van der Waals surface area contributed by atoms with Crippen LogP contribution in [0.2, 0.25) is 0 Å². The molecule has 0 aliphatic carbocycles. The van der Waals surface area contributed by atoms with Crippen LogP contribution in [0.25, 0.3) is 0 Å². The van der Waals surface area contributed by atoms with Gasteiger partial charge >= 0.3 is 0 Å². The molecule has 0 amide bonds. The summed E-state index contributed by atoms with van der Waals surface area (Å²) < 4.78 is 0. The summed E-state index contributed by atoms with van der Waals surface area (Å²) in [6.45, 7) is 16.5. The number of nitrogens with one attached hydrogen (secondary N) is 2. The third-order valence-electron chi connectivity index (χ3n) is 6.21. The van der Waals surface area contributed by atoms with Gasteiger partial charge in [0.25, 0.3) is 0 Å². The van der Waals surface area contributed by atoms with Gasteiger partial charge in [0.1, 0.15) is 0 Å². The topological polar surface area (TPSA) is 46.1 Å². The predicted octanol–water partition coefficient (Wildman–Crippen LogP) is 2.85. The first-order valence-corrected chi connectivity index (χ1v) is 12.0. The molecule has 2 N–H and O–H groups in total. The molecule has 176 valence electrons. The summed E-state index contributed by atoms with van der Waals surface area (Å²) in [4.78, 5) is 12.6. The Morgan fingerprint density at radius 2 is 1.55 bits per heavy atom. The van der Waals surface area contributed by atoms with E-state index in [-0.39, 0.29) is 24.0 Å². The molecular formula is C24H43IN6. The second-order valence-electron chi connectivity index (χ2n) is 8.62. The maximum absolute atomic E-state index is 4.87. The largest absolute Gasteiger partial charge is 0.357 e. The highest BCUT2D eigenvalue weighted by molar-refractivity contribution is 14.0. The van der Waals surface area contributed by atoms with E-state index >= 15 is 0 Å². The van der Waals surface area contributed by atoms with E-state index in [2.05, 4.69) is 69.5 Å². The van der Waals surface area contributed by atoms with Crippen LogP contribution in [-0.2, 0) is 6.54 Å². The first-order valence-electron chi connectivity index (χ1n) is 12.0. The van der Waals surface area contributed by atoms with Crippen molar-refractivity contribution in [1.29, 1.82) is 0 Å². The lowest BCUT2D eigenvalue weighted by Gasteiger charge is -2.34. The molecule has 2 heterocycles. The molecule has 0 spiro atoms. The van der Waals surface area contributed by atoms with E-state index in [1.807, 2.05) is 0 Å². The lowest BCUT2D eigenvalue weighted by Crippen LogP contribution is -2.49. The number of benzene rings is 1. The van der Waals surface area contributed by atoms with Crippen LogP contribution in [-0.4, -0.2) is 92.1 Å². The maximum Gasteiger partial charge on any atom is 0.191 e. The van der Waals surface area contributed by atoms with Crippen LogP contribution in [0.3, 0.4) is 0 Å². The number of piperidine rings is 1.